The highest BCUT2D eigenvalue weighted by Crippen LogP contribution is 2.52. The summed E-state index contributed by atoms with van der Waals surface area (Å²) in [6.07, 6.45) is 3.52. The van der Waals surface area contributed by atoms with Gasteiger partial charge in [0.05, 0.1) is 32.0 Å². The molecule has 0 bridgehead atoms. The van der Waals surface area contributed by atoms with E-state index < -0.39 is 30.1 Å². The van der Waals surface area contributed by atoms with E-state index in [-0.39, 0.29) is 24.2 Å². The number of benzene rings is 4. The quantitative estimate of drug-likeness (QED) is 0.0687. The van der Waals surface area contributed by atoms with Crippen molar-refractivity contribution in [2.75, 3.05) is 47.6 Å². The van der Waals surface area contributed by atoms with Gasteiger partial charge < -0.3 is 54.7 Å². The summed E-state index contributed by atoms with van der Waals surface area (Å²) in [4.78, 5) is 0. The van der Waals surface area contributed by atoms with Gasteiger partial charge in [0, 0.05) is 73.9 Å². The summed E-state index contributed by atoms with van der Waals surface area (Å²) in [5.74, 6) is 1.71. The van der Waals surface area contributed by atoms with Crippen molar-refractivity contribution in [1.82, 2.24) is 10.6 Å². The number of phenols is 2. The van der Waals surface area contributed by atoms with Crippen molar-refractivity contribution in [3.05, 3.63) is 94.5 Å². The number of aliphatic hydroxyl groups excluding tert-OH is 2. The van der Waals surface area contributed by atoms with Crippen LogP contribution >= 0.6 is 0 Å². The molecule has 3 aliphatic rings. The summed E-state index contributed by atoms with van der Waals surface area (Å²) in [6, 6.07) is 20.0. The molecule has 4 aromatic rings. The van der Waals surface area contributed by atoms with Crippen molar-refractivity contribution < 1.29 is 44.1 Å². The van der Waals surface area contributed by atoms with Crippen molar-refractivity contribution in [2.24, 2.45) is 11.8 Å². The van der Waals surface area contributed by atoms with Crippen LogP contribution in [0.1, 0.15) is 78.6 Å². The first-order chi connectivity index (χ1) is 27.3. The first-order valence-electron chi connectivity index (χ1n) is 19.9. The largest absolute Gasteiger partial charge is 0.508 e. The molecule has 7 rings (SSSR count). The topological polar surface area (TPSA) is 151 Å². The van der Waals surface area contributed by atoms with E-state index in [2.05, 4.69) is 10.6 Å². The van der Waals surface area contributed by atoms with E-state index in [0.29, 0.717) is 66.5 Å². The third kappa shape index (κ3) is 8.72. The minimum atomic E-state index is -1.01. The molecule has 56 heavy (non-hydrogen) atoms. The zero-order chi connectivity index (χ0) is 39.2. The smallest absolute Gasteiger partial charge is 0.128 e. The number of hydrogen-bond acceptors (Lipinski definition) is 11. The Morgan fingerprint density at radius 2 is 1.66 bits per heavy atom. The second-order valence-corrected chi connectivity index (χ2v) is 15.3. The number of nitrogens with one attached hydrogen (secondary N) is 2. The summed E-state index contributed by atoms with van der Waals surface area (Å²) in [6.45, 7) is 2.87. The summed E-state index contributed by atoms with van der Waals surface area (Å²) >= 11 is 0. The average Bonchev–Trinajstić information content (AvgIpc) is 3.70. The highest BCUT2D eigenvalue weighted by molar-refractivity contribution is 5.70. The fraction of sp³-hybridized carbons (Fsp3) is 0.467. The normalized spacial score (nSPS) is 21.8. The predicted molar refractivity (Wildman–Crippen MR) is 214 cm³/mol. The predicted octanol–water partition coefficient (Wildman–Crippen LogP) is 6.57. The molecule has 5 atom stereocenters. The Morgan fingerprint density at radius 3 is 2.43 bits per heavy atom. The van der Waals surface area contributed by atoms with Crippen molar-refractivity contribution in [2.45, 2.75) is 75.9 Å². The van der Waals surface area contributed by atoms with Gasteiger partial charge >= 0.3 is 0 Å². The van der Waals surface area contributed by atoms with Gasteiger partial charge in [-0.1, -0.05) is 18.2 Å². The Bertz CT molecular complexity index is 1950. The Balaban J connectivity index is 1.25. The minimum absolute atomic E-state index is 0.0792. The lowest BCUT2D eigenvalue weighted by molar-refractivity contribution is -0.0890. The molecular weight excluding hydrogens is 713 g/mol. The van der Waals surface area contributed by atoms with Crippen LogP contribution in [0.5, 0.6) is 34.5 Å². The maximum atomic E-state index is 12.5. The Hall–Kier alpha value is -4.52. The standard InChI is InChI=1S/C45H56N2O9/c1-46-15-16-47-25-30-22-41-36(24-40(30)53-3)44(51)42(39(56-41)12-7-17-52-2)38-26-54-45-29(21-34(23-37(45)43(38)50)55-33-10-4-5-11-33)18-28-20-32(49)13-14-35(28)27-8-6-9-31(48)19-27/h6,8-9,13-14,19-24,33,38-39,42-44,46-51H,4-5,7,10-12,15-18,25-26H2,1-3H3. The van der Waals surface area contributed by atoms with Gasteiger partial charge in [0.1, 0.15) is 40.6 Å². The molecule has 11 heteroatoms. The van der Waals surface area contributed by atoms with Crippen molar-refractivity contribution in [1.29, 1.82) is 0 Å². The fourth-order valence-electron chi connectivity index (χ4n) is 8.74. The van der Waals surface area contributed by atoms with E-state index in [1.165, 1.54) is 0 Å². The Labute approximate surface area is 329 Å². The molecule has 4 aromatic carbocycles. The third-order valence-corrected chi connectivity index (χ3v) is 11.5. The summed E-state index contributed by atoms with van der Waals surface area (Å²) in [7, 11) is 5.21. The molecule has 0 spiro atoms. The molecule has 2 heterocycles. The zero-order valence-electron chi connectivity index (χ0n) is 32.6. The molecule has 1 fully saturated rings. The highest BCUT2D eigenvalue weighted by atomic mass is 16.5. The van der Waals surface area contributed by atoms with Crippen molar-refractivity contribution in [3.8, 4) is 45.6 Å². The lowest BCUT2D eigenvalue weighted by atomic mass is 9.72. The van der Waals surface area contributed by atoms with Crippen LogP contribution in [0.25, 0.3) is 11.1 Å². The summed E-state index contributed by atoms with van der Waals surface area (Å²) in [5, 5.41) is 52.2. The number of phenolic OH excluding ortho intramolecular Hbond substituents is 2. The van der Waals surface area contributed by atoms with Gasteiger partial charge in [-0.25, -0.2) is 0 Å². The number of methoxy groups -OCH3 is 2. The molecule has 300 valence electrons. The summed E-state index contributed by atoms with van der Waals surface area (Å²) in [5.41, 5.74) is 5.45. The van der Waals surface area contributed by atoms with Gasteiger partial charge in [0.25, 0.3) is 0 Å². The number of hydrogen-bond donors (Lipinski definition) is 6. The Morgan fingerprint density at radius 1 is 0.839 bits per heavy atom. The van der Waals surface area contributed by atoms with Gasteiger partial charge in [-0.15, -0.1) is 0 Å². The number of aliphatic hydroxyl groups is 2. The second kappa shape index (κ2) is 18.2. The molecule has 0 amide bonds. The molecular formula is C45H56N2O9. The number of fused-ring (bicyclic) bond motifs is 2. The van der Waals surface area contributed by atoms with Crippen molar-refractivity contribution >= 4 is 0 Å². The molecule has 6 N–H and O–H groups in total. The molecule has 1 aliphatic carbocycles. The number of ether oxygens (including phenoxy) is 5. The van der Waals surface area contributed by atoms with Gasteiger partial charge in [0.2, 0.25) is 0 Å². The van der Waals surface area contributed by atoms with E-state index in [9.17, 15) is 20.4 Å². The Kier molecular flexibility index (Phi) is 12.9. The lowest BCUT2D eigenvalue weighted by Gasteiger charge is -2.45. The first-order valence-corrected chi connectivity index (χ1v) is 19.9. The van der Waals surface area contributed by atoms with Crippen LogP contribution in [0.4, 0.5) is 0 Å². The van der Waals surface area contributed by atoms with Crippen LogP contribution in [-0.2, 0) is 17.7 Å². The van der Waals surface area contributed by atoms with Gasteiger partial charge in [0.15, 0.2) is 0 Å². The van der Waals surface area contributed by atoms with Crippen LogP contribution in [0.3, 0.4) is 0 Å². The summed E-state index contributed by atoms with van der Waals surface area (Å²) < 4.78 is 31.2. The van der Waals surface area contributed by atoms with Crippen molar-refractivity contribution in [3.63, 3.8) is 0 Å². The van der Waals surface area contributed by atoms with E-state index >= 15 is 0 Å². The minimum Gasteiger partial charge on any atom is -0.508 e. The zero-order valence-corrected chi connectivity index (χ0v) is 32.6. The molecule has 11 nitrogen and oxygen atoms in total. The highest BCUT2D eigenvalue weighted by Gasteiger charge is 2.48. The monoisotopic (exact) mass is 768 g/mol. The maximum Gasteiger partial charge on any atom is 0.128 e. The maximum absolute atomic E-state index is 12.5. The van der Waals surface area contributed by atoms with Crippen LogP contribution in [-0.4, -0.2) is 80.2 Å². The molecule has 0 radical (unpaired) electrons. The van der Waals surface area contributed by atoms with Crippen LogP contribution in [0.2, 0.25) is 0 Å². The average molecular weight is 769 g/mol. The number of aromatic hydroxyl groups is 2. The van der Waals surface area contributed by atoms with Crippen LogP contribution < -0.4 is 29.6 Å². The van der Waals surface area contributed by atoms with E-state index in [4.69, 9.17) is 23.7 Å². The molecule has 2 aliphatic heterocycles. The van der Waals surface area contributed by atoms with Gasteiger partial charge in [-0.05, 0) is 111 Å². The van der Waals surface area contributed by atoms with E-state index in [0.717, 1.165) is 66.6 Å². The molecule has 1 saturated carbocycles. The van der Waals surface area contributed by atoms with E-state index in [1.54, 1.807) is 44.6 Å². The molecule has 0 aromatic heterocycles. The SMILES string of the molecule is CNCCNCc1cc2c(cc1OC)C(O)C(C1COc3c(Cc4cc(O)ccc4-c4cccc(O)c4)cc(OC4CCCC4)cc3C1O)C(CCCOC)O2. The fourth-order valence-corrected chi connectivity index (χ4v) is 8.74. The first kappa shape index (κ1) is 39.7. The van der Waals surface area contributed by atoms with Crippen LogP contribution in [0, 0.1) is 11.8 Å². The third-order valence-electron chi connectivity index (χ3n) is 11.5. The molecule has 5 unspecified atom stereocenters. The molecule has 0 saturated heterocycles. The van der Waals surface area contributed by atoms with E-state index in [1.807, 2.05) is 43.4 Å². The number of likely N-dealkylation sites (N-methyl/N-ethyl adjacent to an activating group) is 1. The second-order valence-electron chi connectivity index (χ2n) is 15.3. The lowest BCUT2D eigenvalue weighted by Crippen LogP contribution is -2.46. The van der Waals surface area contributed by atoms with Gasteiger partial charge in [-0.3, -0.25) is 0 Å². The van der Waals surface area contributed by atoms with Gasteiger partial charge in [-0.2, -0.15) is 0 Å². The van der Waals surface area contributed by atoms with Crippen LogP contribution in [0.15, 0.2) is 66.7 Å². The number of rotatable bonds is 16.